The van der Waals surface area contributed by atoms with E-state index in [9.17, 15) is 0 Å². The molecule has 0 amide bonds. The molecule has 0 saturated carbocycles. The van der Waals surface area contributed by atoms with E-state index in [1.165, 1.54) is 5.56 Å². The number of hydrogen-bond acceptors (Lipinski definition) is 2. The number of hydrogen-bond donors (Lipinski definition) is 2. The Morgan fingerprint density at radius 3 is 2.82 bits per heavy atom. The Kier molecular flexibility index (Phi) is 4.81. The van der Waals surface area contributed by atoms with Gasteiger partial charge in [0.2, 0.25) is 0 Å². The van der Waals surface area contributed by atoms with Crippen molar-refractivity contribution in [3.8, 4) is 11.4 Å². The van der Waals surface area contributed by atoms with Crippen LogP contribution in [0, 0.1) is 0 Å². The first-order valence-electron chi connectivity index (χ1n) is 7.31. The molecular weight excluding hydrogens is 362 g/mol. The molecule has 0 spiro atoms. The summed E-state index contributed by atoms with van der Waals surface area (Å²) in [7, 11) is 0. The number of aromatic nitrogens is 2. The molecule has 0 saturated heterocycles. The number of nitrogens with zero attached hydrogens (tertiary/aromatic N) is 1. The van der Waals surface area contributed by atoms with Crippen LogP contribution in [-0.4, -0.2) is 16.5 Å². The van der Waals surface area contributed by atoms with Crippen LogP contribution in [0.25, 0.3) is 22.3 Å². The highest BCUT2D eigenvalue weighted by atomic mass is 79.9. The Bertz CT molecular complexity index is 783. The summed E-state index contributed by atoms with van der Waals surface area (Å²) in [6.45, 7) is 0.714. The summed E-state index contributed by atoms with van der Waals surface area (Å²) in [6, 6.07) is 9.95. The smallest absolute Gasteiger partial charge is 0.0867 e. The number of fused-ring (bicyclic) bond motifs is 1. The van der Waals surface area contributed by atoms with Crippen LogP contribution >= 0.6 is 27.5 Å². The lowest BCUT2D eigenvalue weighted by molar-refractivity contribution is 0.748. The van der Waals surface area contributed by atoms with Crippen molar-refractivity contribution in [3.05, 3.63) is 51.6 Å². The number of aromatic amines is 1. The van der Waals surface area contributed by atoms with Gasteiger partial charge in [0.15, 0.2) is 0 Å². The maximum absolute atomic E-state index is 6.39. The van der Waals surface area contributed by atoms with Crippen molar-refractivity contribution in [1.82, 2.24) is 9.97 Å². The Labute approximate surface area is 143 Å². The summed E-state index contributed by atoms with van der Waals surface area (Å²) in [5.74, 6) is 0. The molecule has 3 nitrogen and oxygen atoms in total. The molecule has 3 rings (SSSR count). The molecule has 0 fully saturated rings. The predicted molar refractivity (Wildman–Crippen MR) is 96.2 cm³/mol. The molecule has 2 heterocycles. The lowest BCUT2D eigenvalue weighted by atomic mass is 10.0. The maximum Gasteiger partial charge on any atom is 0.0867 e. The van der Waals surface area contributed by atoms with Crippen LogP contribution in [0.1, 0.15) is 18.4 Å². The first kappa shape index (κ1) is 15.5. The quantitative estimate of drug-likeness (QED) is 0.619. The van der Waals surface area contributed by atoms with E-state index in [4.69, 9.17) is 17.3 Å². The normalized spacial score (nSPS) is 11.2. The zero-order valence-electron chi connectivity index (χ0n) is 12.1. The Hall–Kier alpha value is -1.36. The molecule has 0 aliphatic carbocycles. The highest BCUT2D eigenvalue weighted by Gasteiger charge is 2.16. The molecule has 0 radical (unpaired) electrons. The zero-order chi connectivity index (χ0) is 15.5. The van der Waals surface area contributed by atoms with Crippen LogP contribution < -0.4 is 5.73 Å². The van der Waals surface area contributed by atoms with Crippen molar-refractivity contribution >= 4 is 38.4 Å². The van der Waals surface area contributed by atoms with E-state index in [2.05, 4.69) is 32.0 Å². The van der Waals surface area contributed by atoms with E-state index in [1.807, 2.05) is 30.5 Å². The van der Waals surface area contributed by atoms with Gasteiger partial charge < -0.3 is 10.7 Å². The first-order chi connectivity index (χ1) is 10.7. The predicted octanol–water partition coefficient (Wildman–Crippen LogP) is 4.93. The van der Waals surface area contributed by atoms with Gasteiger partial charge in [-0.2, -0.15) is 0 Å². The van der Waals surface area contributed by atoms with Gasteiger partial charge in [-0.05, 0) is 55.6 Å². The fraction of sp³-hybridized carbons (Fsp3) is 0.235. The summed E-state index contributed by atoms with van der Waals surface area (Å²) in [4.78, 5) is 7.93. The monoisotopic (exact) mass is 377 g/mol. The number of nitrogens with two attached hydrogens (primary N) is 1. The minimum Gasteiger partial charge on any atom is -0.352 e. The Morgan fingerprint density at radius 2 is 2.09 bits per heavy atom. The number of halogens is 2. The summed E-state index contributed by atoms with van der Waals surface area (Å²) in [5.41, 5.74) is 9.84. The topological polar surface area (TPSA) is 54.7 Å². The van der Waals surface area contributed by atoms with Gasteiger partial charge in [-0.15, -0.1) is 0 Å². The third kappa shape index (κ3) is 3.05. The van der Waals surface area contributed by atoms with Crippen LogP contribution in [0.15, 0.2) is 41.0 Å². The van der Waals surface area contributed by atoms with E-state index < -0.39 is 0 Å². The number of benzene rings is 1. The second kappa shape index (κ2) is 6.82. The minimum atomic E-state index is 0.714. The summed E-state index contributed by atoms with van der Waals surface area (Å²) in [5, 5.41) is 1.86. The largest absolute Gasteiger partial charge is 0.352 e. The first-order valence-corrected chi connectivity index (χ1v) is 8.49. The highest BCUT2D eigenvalue weighted by Crippen LogP contribution is 2.36. The third-order valence-corrected chi connectivity index (χ3v) is 4.49. The van der Waals surface area contributed by atoms with Crippen molar-refractivity contribution in [1.29, 1.82) is 0 Å². The van der Waals surface area contributed by atoms with Crippen LogP contribution in [0.3, 0.4) is 0 Å². The van der Waals surface area contributed by atoms with Crippen LogP contribution in [-0.2, 0) is 6.42 Å². The van der Waals surface area contributed by atoms with E-state index in [1.54, 1.807) is 0 Å². The summed E-state index contributed by atoms with van der Waals surface area (Å²) in [6.07, 6.45) is 4.82. The number of rotatable bonds is 5. The summed E-state index contributed by atoms with van der Waals surface area (Å²) < 4.78 is 0.983. The fourth-order valence-corrected chi connectivity index (χ4v) is 3.57. The molecule has 5 heteroatoms. The van der Waals surface area contributed by atoms with Crippen LogP contribution in [0.4, 0.5) is 0 Å². The third-order valence-electron chi connectivity index (χ3n) is 3.73. The minimum absolute atomic E-state index is 0.714. The second-order valence-corrected chi connectivity index (χ2v) is 6.57. The standard InChI is InChI=1S/C17H17BrClN3/c18-11-9-13-12(5-1-3-7-20)17(15-6-2-4-8-21-15)22-16(13)14(19)10-11/h2,4,6,8-10,22H,1,3,5,7,20H2. The van der Waals surface area contributed by atoms with Gasteiger partial charge in [0, 0.05) is 16.1 Å². The number of H-pyrrole nitrogens is 1. The second-order valence-electron chi connectivity index (χ2n) is 5.25. The van der Waals surface area contributed by atoms with Gasteiger partial charge >= 0.3 is 0 Å². The van der Waals surface area contributed by atoms with Crippen LogP contribution in [0.5, 0.6) is 0 Å². The molecule has 3 aromatic rings. The van der Waals surface area contributed by atoms with Gasteiger partial charge in [0.05, 0.1) is 21.9 Å². The van der Waals surface area contributed by atoms with Gasteiger partial charge in [0.1, 0.15) is 0 Å². The van der Waals surface area contributed by atoms with E-state index >= 15 is 0 Å². The number of aryl methyl sites for hydroxylation is 1. The Balaban J connectivity index is 2.17. The molecule has 0 atom stereocenters. The average molecular weight is 379 g/mol. The molecule has 114 valence electrons. The number of nitrogens with one attached hydrogen (secondary N) is 1. The molecule has 1 aromatic carbocycles. The number of unbranched alkanes of at least 4 members (excludes halogenated alkanes) is 1. The highest BCUT2D eigenvalue weighted by molar-refractivity contribution is 9.10. The van der Waals surface area contributed by atoms with Gasteiger partial charge in [-0.3, -0.25) is 4.98 Å². The van der Waals surface area contributed by atoms with Crippen molar-refractivity contribution < 1.29 is 0 Å². The molecule has 22 heavy (non-hydrogen) atoms. The number of pyridine rings is 1. The van der Waals surface area contributed by atoms with Crippen molar-refractivity contribution in [2.45, 2.75) is 19.3 Å². The molecule has 0 aliphatic heterocycles. The lowest BCUT2D eigenvalue weighted by Crippen LogP contribution is -1.99. The van der Waals surface area contributed by atoms with E-state index in [-0.39, 0.29) is 0 Å². The molecule has 0 aliphatic rings. The van der Waals surface area contributed by atoms with Crippen molar-refractivity contribution in [2.75, 3.05) is 6.54 Å². The van der Waals surface area contributed by atoms with Gasteiger partial charge in [0.25, 0.3) is 0 Å². The Morgan fingerprint density at radius 1 is 1.23 bits per heavy atom. The molecular formula is C17H17BrClN3. The molecule has 0 unspecified atom stereocenters. The fourth-order valence-electron chi connectivity index (χ4n) is 2.71. The van der Waals surface area contributed by atoms with Crippen LogP contribution in [0.2, 0.25) is 5.02 Å². The maximum atomic E-state index is 6.39. The molecule has 3 N–H and O–H groups in total. The van der Waals surface area contributed by atoms with Gasteiger partial charge in [-0.25, -0.2) is 0 Å². The summed E-state index contributed by atoms with van der Waals surface area (Å²) >= 11 is 9.93. The SMILES string of the molecule is NCCCCc1c(-c2ccccn2)[nH]c2c(Cl)cc(Br)cc12. The zero-order valence-corrected chi connectivity index (χ0v) is 14.4. The van der Waals surface area contributed by atoms with Crippen molar-refractivity contribution in [3.63, 3.8) is 0 Å². The van der Waals surface area contributed by atoms with E-state index in [0.29, 0.717) is 11.6 Å². The van der Waals surface area contributed by atoms with E-state index in [0.717, 1.165) is 46.0 Å². The van der Waals surface area contributed by atoms with Crippen molar-refractivity contribution in [2.24, 2.45) is 5.73 Å². The lowest BCUT2D eigenvalue weighted by Gasteiger charge is -2.04. The molecule has 0 bridgehead atoms. The molecule has 2 aromatic heterocycles. The van der Waals surface area contributed by atoms with Gasteiger partial charge in [-0.1, -0.05) is 33.6 Å². The average Bonchev–Trinajstić information content (AvgIpc) is 2.88.